The first-order chi connectivity index (χ1) is 15.6. The van der Waals surface area contributed by atoms with Crippen molar-refractivity contribution in [3.63, 3.8) is 0 Å². The van der Waals surface area contributed by atoms with Gasteiger partial charge in [-0.1, -0.05) is 60.7 Å². The summed E-state index contributed by atoms with van der Waals surface area (Å²) in [6.45, 7) is 0. The molecule has 1 heterocycles. The maximum Gasteiger partial charge on any atom is 0.259 e. The number of hydrogen-bond donors (Lipinski definition) is 0. The first-order valence-electron chi connectivity index (χ1n) is 10.2. The molecule has 0 radical (unpaired) electrons. The van der Waals surface area contributed by atoms with E-state index in [0.29, 0.717) is 22.8 Å². The molecule has 1 amide bonds. The second kappa shape index (κ2) is 9.02. The minimum absolute atomic E-state index is 0.0282. The number of hydrogen-bond acceptors (Lipinski definition) is 4. The molecule has 5 nitrogen and oxygen atoms in total. The second-order valence-electron chi connectivity index (χ2n) is 7.33. The van der Waals surface area contributed by atoms with Crippen LogP contribution in [0.25, 0.3) is 17.2 Å². The van der Waals surface area contributed by atoms with Gasteiger partial charge in [-0.05, 0) is 34.9 Å². The van der Waals surface area contributed by atoms with E-state index in [2.05, 4.69) is 0 Å². The molecule has 3 aromatic rings. The van der Waals surface area contributed by atoms with Crippen LogP contribution in [0, 0.1) is 0 Å². The van der Waals surface area contributed by atoms with Gasteiger partial charge in [0, 0.05) is 12.6 Å². The minimum atomic E-state index is -0.0282. The van der Waals surface area contributed by atoms with Crippen molar-refractivity contribution in [2.24, 2.45) is 0 Å². The Labute approximate surface area is 188 Å². The maximum atomic E-state index is 13.3. The number of anilines is 1. The molecule has 0 N–H and O–H groups in total. The van der Waals surface area contributed by atoms with Crippen molar-refractivity contribution in [1.82, 2.24) is 0 Å². The molecule has 0 saturated carbocycles. The molecule has 0 bridgehead atoms. The van der Waals surface area contributed by atoms with Crippen molar-refractivity contribution < 1.29 is 19.0 Å². The number of nitrogens with zero attached hydrogens (tertiary/aromatic N) is 1. The third-order valence-corrected chi connectivity index (χ3v) is 5.54. The Hall–Kier alpha value is -3.99. The molecule has 0 unspecified atom stereocenters. The minimum Gasteiger partial charge on any atom is -0.493 e. The zero-order valence-corrected chi connectivity index (χ0v) is 18.6. The summed E-state index contributed by atoms with van der Waals surface area (Å²) in [5.74, 6) is 1.65. The molecule has 0 spiro atoms. The lowest BCUT2D eigenvalue weighted by atomic mass is 9.94. The van der Waals surface area contributed by atoms with Crippen LogP contribution in [0.5, 0.6) is 17.2 Å². The molecule has 162 valence electrons. The fourth-order valence-corrected chi connectivity index (χ4v) is 3.95. The summed E-state index contributed by atoms with van der Waals surface area (Å²) in [7, 11) is 6.56. The first kappa shape index (κ1) is 21.2. The SMILES string of the molecule is COc1cc(/C=C/C(=C2\C(=O)N(C)c3ccccc32)c2ccccc2)cc(OC)c1OC. The lowest BCUT2D eigenvalue weighted by molar-refractivity contribution is -0.112. The van der Waals surface area contributed by atoms with E-state index < -0.39 is 0 Å². The van der Waals surface area contributed by atoms with Crippen molar-refractivity contribution in [1.29, 1.82) is 0 Å². The first-order valence-corrected chi connectivity index (χ1v) is 10.2. The molecule has 0 fully saturated rings. The molecule has 3 aromatic carbocycles. The summed E-state index contributed by atoms with van der Waals surface area (Å²) in [6, 6.07) is 21.5. The normalized spacial score (nSPS) is 14.5. The predicted molar refractivity (Wildman–Crippen MR) is 128 cm³/mol. The van der Waals surface area contributed by atoms with E-state index in [4.69, 9.17) is 14.2 Å². The van der Waals surface area contributed by atoms with E-state index in [0.717, 1.165) is 28.0 Å². The van der Waals surface area contributed by atoms with Gasteiger partial charge in [-0.25, -0.2) is 0 Å². The monoisotopic (exact) mass is 427 g/mol. The Morgan fingerprint density at radius 3 is 2.09 bits per heavy atom. The van der Waals surface area contributed by atoms with Gasteiger partial charge < -0.3 is 19.1 Å². The average molecular weight is 428 g/mol. The van der Waals surface area contributed by atoms with Gasteiger partial charge in [0.25, 0.3) is 5.91 Å². The molecular weight excluding hydrogens is 402 g/mol. The van der Waals surface area contributed by atoms with E-state index in [1.165, 1.54) is 0 Å². The summed E-state index contributed by atoms with van der Waals surface area (Å²) in [4.78, 5) is 14.9. The van der Waals surface area contributed by atoms with Crippen LogP contribution in [-0.2, 0) is 4.79 Å². The Morgan fingerprint density at radius 1 is 0.844 bits per heavy atom. The number of carbonyl (C=O) groups is 1. The number of fused-ring (bicyclic) bond motifs is 1. The van der Waals surface area contributed by atoms with Gasteiger partial charge in [-0.3, -0.25) is 4.79 Å². The second-order valence-corrected chi connectivity index (χ2v) is 7.33. The smallest absolute Gasteiger partial charge is 0.259 e. The largest absolute Gasteiger partial charge is 0.493 e. The van der Waals surface area contributed by atoms with Crippen molar-refractivity contribution >= 4 is 28.8 Å². The number of rotatable bonds is 6. The van der Waals surface area contributed by atoms with Crippen LogP contribution in [0.4, 0.5) is 5.69 Å². The molecule has 0 aromatic heterocycles. The van der Waals surface area contributed by atoms with Crippen molar-refractivity contribution in [2.75, 3.05) is 33.3 Å². The molecule has 32 heavy (non-hydrogen) atoms. The maximum absolute atomic E-state index is 13.3. The standard InChI is InChI=1S/C27H25NO4/c1-28-22-13-9-8-12-21(22)25(27(28)29)20(19-10-6-5-7-11-19)15-14-18-16-23(30-2)26(32-4)24(17-18)31-3/h5-17H,1-4H3/b15-14+,25-20+. The number of benzene rings is 3. The molecule has 0 aliphatic carbocycles. The van der Waals surface area contributed by atoms with Gasteiger partial charge in [-0.2, -0.15) is 0 Å². The van der Waals surface area contributed by atoms with Gasteiger partial charge in [0.05, 0.1) is 32.6 Å². The van der Waals surface area contributed by atoms with Crippen LogP contribution >= 0.6 is 0 Å². The van der Waals surface area contributed by atoms with Gasteiger partial charge in [0.2, 0.25) is 5.75 Å². The summed E-state index contributed by atoms with van der Waals surface area (Å²) in [5, 5.41) is 0. The number of para-hydroxylation sites is 1. The topological polar surface area (TPSA) is 48.0 Å². The average Bonchev–Trinajstić information content (AvgIpc) is 3.09. The highest BCUT2D eigenvalue weighted by molar-refractivity contribution is 6.38. The highest BCUT2D eigenvalue weighted by atomic mass is 16.5. The fraction of sp³-hybridized carbons (Fsp3) is 0.148. The number of amides is 1. The molecule has 0 saturated heterocycles. The van der Waals surface area contributed by atoms with E-state index >= 15 is 0 Å². The number of ether oxygens (including phenoxy) is 3. The summed E-state index contributed by atoms with van der Waals surface area (Å²) in [6.07, 6.45) is 3.92. The van der Waals surface area contributed by atoms with Crippen LogP contribution in [-0.4, -0.2) is 34.3 Å². The number of methoxy groups -OCH3 is 3. The molecule has 0 atom stereocenters. The molecule has 5 heteroatoms. The van der Waals surface area contributed by atoms with Gasteiger partial charge >= 0.3 is 0 Å². The third-order valence-electron chi connectivity index (χ3n) is 5.54. The molecule has 4 rings (SSSR count). The molecular formula is C27H25NO4. The number of carbonyl (C=O) groups excluding carboxylic acids is 1. The van der Waals surface area contributed by atoms with E-state index in [9.17, 15) is 4.79 Å². The predicted octanol–water partition coefficient (Wildman–Crippen LogP) is 5.31. The van der Waals surface area contributed by atoms with Crippen LogP contribution < -0.4 is 19.1 Å². The zero-order valence-electron chi connectivity index (χ0n) is 18.6. The van der Waals surface area contributed by atoms with Crippen molar-refractivity contribution in [3.05, 3.63) is 89.5 Å². The third kappa shape index (κ3) is 3.73. The van der Waals surface area contributed by atoms with Gasteiger partial charge in [0.1, 0.15) is 0 Å². The zero-order chi connectivity index (χ0) is 22.7. The lowest BCUT2D eigenvalue weighted by Gasteiger charge is -2.13. The van der Waals surface area contributed by atoms with Crippen molar-refractivity contribution in [3.8, 4) is 17.2 Å². The van der Waals surface area contributed by atoms with E-state index in [-0.39, 0.29) is 5.91 Å². The molecule has 1 aliphatic rings. The number of allylic oxidation sites excluding steroid dienone is 2. The van der Waals surface area contributed by atoms with Crippen LogP contribution in [0.1, 0.15) is 16.7 Å². The summed E-state index contributed by atoms with van der Waals surface area (Å²) >= 11 is 0. The Balaban J connectivity index is 1.89. The molecule has 1 aliphatic heterocycles. The highest BCUT2D eigenvalue weighted by Gasteiger charge is 2.31. The van der Waals surface area contributed by atoms with Crippen LogP contribution in [0.2, 0.25) is 0 Å². The van der Waals surface area contributed by atoms with Crippen molar-refractivity contribution in [2.45, 2.75) is 0 Å². The fourth-order valence-electron chi connectivity index (χ4n) is 3.95. The van der Waals surface area contributed by atoms with Crippen LogP contribution in [0.3, 0.4) is 0 Å². The summed E-state index contributed by atoms with van der Waals surface area (Å²) in [5.41, 5.74) is 5.18. The lowest BCUT2D eigenvalue weighted by Crippen LogP contribution is -2.20. The quantitative estimate of drug-likeness (QED) is 0.500. The Bertz CT molecular complexity index is 1190. The Kier molecular flexibility index (Phi) is 5.99. The summed E-state index contributed by atoms with van der Waals surface area (Å²) < 4.78 is 16.4. The van der Waals surface area contributed by atoms with Gasteiger partial charge in [-0.15, -0.1) is 0 Å². The van der Waals surface area contributed by atoms with E-state index in [1.54, 1.807) is 33.3 Å². The highest BCUT2D eigenvalue weighted by Crippen LogP contribution is 2.41. The number of likely N-dealkylation sites (N-methyl/N-ethyl adjacent to an activating group) is 1. The van der Waals surface area contributed by atoms with Crippen LogP contribution in [0.15, 0.2) is 72.8 Å². The van der Waals surface area contributed by atoms with Gasteiger partial charge in [0.15, 0.2) is 11.5 Å². The Morgan fingerprint density at radius 2 is 1.47 bits per heavy atom. The van der Waals surface area contributed by atoms with E-state index in [1.807, 2.05) is 78.9 Å².